The maximum atomic E-state index is 11.9. The van der Waals surface area contributed by atoms with Crippen molar-refractivity contribution in [2.24, 2.45) is 7.05 Å². The number of carbonyl (C=O) groups is 1. The molecule has 0 aliphatic carbocycles. The van der Waals surface area contributed by atoms with E-state index in [1.54, 1.807) is 12.5 Å². The predicted molar refractivity (Wildman–Crippen MR) is 95.2 cm³/mol. The van der Waals surface area contributed by atoms with Crippen LogP contribution < -0.4 is 5.32 Å². The van der Waals surface area contributed by atoms with Gasteiger partial charge in [0.1, 0.15) is 11.1 Å². The molecule has 3 heterocycles. The number of hydrogen-bond acceptors (Lipinski definition) is 7. The molecule has 25 heavy (non-hydrogen) atoms. The summed E-state index contributed by atoms with van der Waals surface area (Å²) < 4.78 is 7.28. The predicted octanol–water partition coefficient (Wildman–Crippen LogP) is 1.58. The maximum Gasteiger partial charge on any atom is 0.320 e. The molecule has 2 aromatic rings. The SMILES string of the molecule is Cn1cnc2nc(NC3CCN(CC(=O)OC(C)(C)C)CC3)ncc21. The molecule has 8 heteroatoms. The molecular formula is C17H26N6O2. The normalized spacial score (nSPS) is 17.0. The van der Waals surface area contributed by atoms with E-state index in [9.17, 15) is 4.79 Å². The fourth-order valence-corrected chi connectivity index (χ4v) is 2.96. The smallest absolute Gasteiger partial charge is 0.320 e. The summed E-state index contributed by atoms with van der Waals surface area (Å²) in [4.78, 5) is 27.1. The third-order valence-electron chi connectivity index (χ3n) is 4.18. The van der Waals surface area contributed by atoms with E-state index in [1.165, 1.54) is 0 Å². The van der Waals surface area contributed by atoms with Crippen molar-refractivity contribution in [2.75, 3.05) is 25.0 Å². The lowest BCUT2D eigenvalue weighted by molar-refractivity contribution is -0.156. The molecule has 0 unspecified atom stereocenters. The molecule has 1 saturated heterocycles. The number of anilines is 1. The molecule has 0 radical (unpaired) electrons. The lowest BCUT2D eigenvalue weighted by atomic mass is 10.1. The second kappa shape index (κ2) is 6.95. The van der Waals surface area contributed by atoms with E-state index in [4.69, 9.17) is 4.74 Å². The van der Waals surface area contributed by atoms with E-state index >= 15 is 0 Å². The highest BCUT2D eigenvalue weighted by Gasteiger charge is 2.24. The molecule has 0 amide bonds. The number of nitrogens with one attached hydrogen (secondary N) is 1. The lowest BCUT2D eigenvalue weighted by Gasteiger charge is -2.32. The standard InChI is InChI=1S/C17H26N6O2/c1-17(2,3)25-14(24)10-23-7-5-12(6-8-23)20-16-18-9-13-15(21-16)19-11-22(13)4/h9,11-12H,5-8,10H2,1-4H3,(H,18,20,21). The van der Waals surface area contributed by atoms with Gasteiger partial charge in [0.2, 0.25) is 5.95 Å². The van der Waals surface area contributed by atoms with Crippen LogP contribution in [0.1, 0.15) is 33.6 Å². The van der Waals surface area contributed by atoms with E-state index in [0.29, 0.717) is 24.2 Å². The molecule has 1 N–H and O–H groups in total. The number of fused-ring (bicyclic) bond motifs is 1. The van der Waals surface area contributed by atoms with Gasteiger partial charge in [-0.15, -0.1) is 0 Å². The number of aryl methyl sites for hydroxylation is 1. The third-order valence-corrected chi connectivity index (χ3v) is 4.18. The molecular weight excluding hydrogens is 320 g/mol. The van der Waals surface area contributed by atoms with E-state index in [0.717, 1.165) is 31.4 Å². The van der Waals surface area contributed by atoms with Gasteiger partial charge < -0.3 is 14.6 Å². The summed E-state index contributed by atoms with van der Waals surface area (Å²) in [5.41, 5.74) is 1.18. The largest absolute Gasteiger partial charge is 0.459 e. The Balaban J connectivity index is 1.49. The Kier molecular flexibility index (Phi) is 4.89. The topological polar surface area (TPSA) is 85.2 Å². The van der Waals surface area contributed by atoms with Crippen LogP contribution in [0.3, 0.4) is 0 Å². The molecule has 0 atom stereocenters. The first kappa shape index (κ1) is 17.6. The Labute approximate surface area is 147 Å². The molecule has 1 aliphatic heterocycles. The molecule has 2 aromatic heterocycles. The number of likely N-dealkylation sites (tertiary alicyclic amines) is 1. The summed E-state index contributed by atoms with van der Waals surface area (Å²) in [5, 5.41) is 3.38. The van der Waals surface area contributed by atoms with Crippen molar-refractivity contribution in [1.82, 2.24) is 24.4 Å². The summed E-state index contributed by atoms with van der Waals surface area (Å²) in [6.45, 7) is 7.71. The van der Waals surface area contributed by atoms with Crippen LogP contribution in [-0.2, 0) is 16.6 Å². The monoisotopic (exact) mass is 346 g/mol. The van der Waals surface area contributed by atoms with E-state index in [-0.39, 0.29) is 5.97 Å². The van der Waals surface area contributed by atoms with Crippen molar-refractivity contribution >= 4 is 23.1 Å². The molecule has 3 rings (SSSR count). The van der Waals surface area contributed by atoms with E-state index in [2.05, 4.69) is 25.2 Å². The Morgan fingerprint density at radius 1 is 1.32 bits per heavy atom. The molecule has 136 valence electrons. The molecule has 1 fully saturated rings. The second-order valence-corrected chi connectivity index (χ2v) is 7.54. The van der Waals surface area contributed by atoms with E-state index < -0.39 is 5.60 Å². The number of ether oxygens (including phenoxy) is 1. The number of carbonyl (C=O) groups excluding carboxylic acids is 1. The fourth-order valence-electron chi connectivity index (χ4n) is 2.96. The van der Waals surface area contributed by atoms with Crippen molar-refractivity contribution in [1.29, 1.82) is 0 Å². The van der Waals surface area contributed by atoms with Crippen LogP contribution in [0.15, 0.2) is 12.5 Å². The quantitative estimate of drug-likeness (QED) is 0.841. The van der Waals surface area contributed by atoms with Crippen molar-refractivity contribution in [3.05, 3.63) is 12.5 Å². The van der Waals surface area contributed by atoms with Crippen LogP contribution in [0.4, 0.5) is 5.95 Å². The molecule has 1 aliphatic rings. The van der Waals surface area contributed by atoms with Gasteiger partial charge in [0, 0.05) is 26.2 Å². The first-order chi connectivity index (χ1) is 11.8. The fraction of sp³-hybridized carbons (Fsp3) is 0.647. The number of nitrogens with zero attached hydrogens (tertiary/aromatic N) is 5. The zero-order chi connectivity index (χ0) is 18.0. The summed E-state index contributed by atoms with van der Waals surface area (Å²) in [6, 6.07) is 0.302. The van der Waals surface area contributed by atoms with Gasteiger partial charge in [0.05, 0.1) is 19.1 Å². The number of piperidine rings is 1. The van der Waals surface area contributed by atoms with Crippen LogP contribution >= 0.6 is 0 Å². The Morgan fingerprint density at radius 3 is 2.72 bits per heavy atom. The first-order valence-electron chi connectivity index (χ1n) is 8.65. The molecule has 0 saturated carbocycles. The molecule has 0 aromatic carbocycles. The van der Waals surface area contributed by atoms with Crippen LogP contribution in [0, 0.1) is 0 Å². The first-order valence-corrected chi connectivity index (χ1v) is 8.65. The van der Waals surface area contributed by atoms with Crippen molar-refractivity contribution in [3.8, 4) is 0 Å². The minimum absolute atomic E-state index is 0.164. The highest BCUT2D eigenvalue weighted by atomic mass is 16.6. The Hall–Kier alpha value is -2.22. The zero-order valence-electron chi connectivity index (χ0n) is 15.3. The van der Waals surface area contributed by atoms with Crippen molar-refractivity contribution in [2.45, 2.75) is 45.3 Å². The number of rotatable bonds is 4. The average Bonchev–Trinajstić information content (AvgIpc) is 2.88. The molecule has 0 spiro atoms. The van der Waals surface area contributed by atoms with Gasteiger partial charge in [0.25, 0.3) is 0 Å². The van der Waals surface area contributed by atoms with Gasteiger partial charge in [-0.2, -0.15) is 4.98 Å². The minimum Gasteiger partial charge on any atom is -0.459 e. The third kappa shape index (κ3) is 4.66. The highest BCUT2D eigenvalue weighted by molar-refractivity contribution is 5.72. The number of hydrogen-bond donors (Lipinski definition) is 1. The van der Waals surface area contributed by atoms with Crippen LogP contribution in [0.5, 0.6) is 0 Å². The number of aromatic nitrogens is 4. The highest BCUT2D eigenvalue weighted by Crippen LogP contribution is 2.16. The minimum atomic E-state index is -0.432. The van der Waals surface area contributed by atoms with Gasteiger partial charge >= 0.3 is 5.97 Å². The Bertz CT molecular complexity index is 743. The van der Waals surface area contributed by atoms with Crippen molar-refractivity contribution < 1.29 is 9.53 Å². The second-order valence-electron chi connectivity index (χ2n) is 7.54. The lowest BCUT2D eigenvalue weighted by Crippen LogP contribution is -2.43. The van der Waals surface area contributed by atoms with Gasteiger partial charge in [-0.3, -0.25) is 9.69 Å². The Morgan fingerprint density at radius 2 is 2.04 bits per heavy atom. The van der Waals surface area contributed by atoms with Crippen LogP contribution in [0.25, 0.3) is 11.2 Å². The average molecular weight is 346 g/mol. The number of esters is 1. The molecule has 8 nitrogen and oxygen atoms in total. The van der Waals surface area contributed by atoms with E-state index in [1.807, 2.05) is 32.4 Å². The summed E-state index contributed by atoms with van der Waals surface area (Å²) >= 11 is 0. The van der Waals surface area contributed by atoms with Gasteiger partial charge in [0.15, 0.2) is 5.65 Å². The van der Waals surface area contributed by atoms with Gasteiger partial charge in [-0.05, 0) is 33.6 Å². The summed E-state index contributed by atoms with van der Waals surface area (Å²) in [5.74, 6) is 0.444. The maximum absolute atomic E-state index is 11.9. The number of imidazole rings is 1. The van der Waals surface area contributed by atoms with Gasteiger partial charge in [-0.25, -0.2) is 9.97 Å². The van der Waals surface area contributed by atoms with Crippen LogP contribution in [-0.4, -0.2) is 61.7 Å². The van der Waals surface area contributed by atoms with Gasteiger partial charge in [-0.1, -0.05) is 0 Å². The van der Waals surface area contributed by atoms with Crippen molar-refractivity contribution in [3.63, 3.8) is 0 Å². The zero-order valence-corrected chi connectivity index (χ0v) is 15.3. The summed E-state index contributed by atoms with van der Waals surface area (Å²) in [7, 11) is 1.92. The summed E-state index contributed by atoms with van der Waals surface area (Å²) in [6.07, 6.45) is 5.40. The van der Waals surface area contributed by atoms with Crippen LogP contribution in [0.2, 0.25) is 0 Å². The molecule has 0 bridgehead atoms.